The highest BCUT2D eigenvalue weighted by Gasteiger charge is 2.64. The van der Waals surface area contributed by atoms with Crippen LogP contribution in [0.4, 0.5) is 5.69 Å². The van der Waals surface area contributed by atoms with Gasteiger partial charge in [-0.15, -0.1) is 0 Å². The van der Waals surface area contributed by atoms with Crippen LogP contribution in [0.3, 0.4) is 0 Å². The molecule has 6 aliphatic rings. The Kier molecular flexibility index (Phi) is 8.21. The zero-order valence-electron chi connectivity index (χ0n) is 26.8. The Bertz CT molecular complexity index is 1510. The Hall–Kier alpha value is -2.76. The summed E-state index contributed by atoms with van der Waals surface area (Å²) in [6.45, 7) is 2.80. The average molecular weight is 648 g/mol. The SMILES string of the molecule is COc1cc(NC(C)CCCNC(=O)C2CCC3(CC2)OOC2(OO3)C3CC4CC(C3)CC2C4)c2ncccc2c1-c1ccsc1. The van der Waals surface area contributed by atoms with Crippen molar-refractivity contribution in [1.29, 1.82) is 0 Å². The van der Waals surface area contributed by atoms with Crippen molar-refractivity contribution < 1.29 is 29.1 Å². The molecular weight excluding hydrogens is 602 g/mol. The van der Waals surface area contributed by atoms with Crippen LogP contribution in [0, 0.1) is 29.6 Å². The Morgan fingerprint density at radius 3 is 2.48 bits per heavy atom. The maximum absolute atomic E-state index is 13.1. The van der Waals surface area contributed by atoms with Gasteiger partial charge >= 0.3 is 0 Å². The predicted octanol–water partition coefficient (Wildman–Crippen LogP) is 7.62. The Labute approximate surface area is 274 Å². The van der Waals surface area contributed by atoms with Crippen LogP contribution in [-0.2, 0) is 24.3 Å². The lowest BCUT2D eigenvalue weighted by atomic mass is 9.53. The largest absolute Gasteiger partial charge is 0.496 e. The molecule has 4 bridgehead atoms. The first-order valence-corrected chi connectivity index (χ1v) is 18.2. The fourth-order valence-electron chi connectivity index (χ4n) is 9.21. The van der Waals surface area contributed by atoms with Gasteiger partial charge in [-0.1, -0.05) is 6.07 Å². The molecule has 2 spiro atoms. The van der Waals surface area contributed by atoms with Crippen molar-refractivity contribution in [2.45, 2.75) is 95.2 Å². The fourth-order valence-corrected chi connectivity index (χ4v) is 9.86. The lowest BCUT2D eigenvalue weighted by Gasteiger charge is -2.60. The van der Waals surface area contributed by atoms with E-state index in [1.165, 1.54) is 6.42 Å². The number of aromatic nitrogens is 1. The van der Waals surface area contributed by atoms with E-state index in [-0.39, 0.29) is 17.9 Å². The molecule has 5 saturated carbocycles. The molecule has 1 amide bonds. The number of methoxy groups -OCH3 is 1. The molecule has 10 heteroatoms. The van der Waals surface area contributed by atoms with E-state index in [9.17, 15) is 4.79 Å². The molecule has 1 saturated heterocycles. The van der Waals surface area contributed by atoms with Gasteiger partial charge < -0.3 is 15.4 Å². The Balaban J connectivity index is 0.802. The minimum absolute atomic E-state index is 0.0583. The van der Waals surface area contributed by atoms with Crippen molar-refractivity contribution in [3.05, 3.63) is 41.2 Å². The summed E-state index contributed by atoms with van der Waals surface area (Å²) in [5, 5.41) is 12.1. The second-order valence-corrected chi connectivity index (χ2v) is 15.2. The van der Waals surface area contributed by atoms with Crippen molar-refractivity contribution in [2.75, 3.05) is 19.0 Å². The van der Waals surface area contributed by atoms with E-state index in [1.54, 1.807) is 18.4 Å². The smallest absolute Gasteiger partial charge is 0.239 e. The first kappa shape index (κ1) is 30.6. The molecule has 6 fully saturated rings. The molecule has 46 heavy (non-hydrogen) atoms. The second kappa shape index (κ2) is 12.4. The lowest BCUT2D eigenvalue weighted by Crippen LogP contribution is -2.64. The number of nitrogens with zero attached hydrogens (tertiary/aromatic N) is 1. The van der Waals surface area contributed by atoms with E-state index in [0.29, 0.717) is 44.1 Å². The highest BCUT2D eigenvalue weighted by Crippen LogP contribution is 2.62. The number of pyridine rings is 1. The maximum Gasteiger partial charge on any atom is 0.239 e. The minimum atomic E-state index is -0.901. The van der Waals surface area contributed by atoms with Gasteiger partial charge in [0.25, 0.3) is 0 Å². The van der Waals surface area contributed by atoms with Crippen molar-refractivity contribution in [3.8, 4) is 16.9 Å². The summed E-state index contributed by atoms with van der Waals surface area (Å²) in [7, 11) is 1.71. The molecule has 1 unspecified atom stereocenters. The third-order valence-corrected chi connectivity index (χ3v) is 12.1. The molecule has 2 aromatic heterocycles. The molecule has 1 aromatic carbocycles. The molecule has 0 radical (unpaired) electrons. The van der Waals surface area contributed by atoms with Gasteiger partial charge in [0.2, 0.25) is 17.5 Å². The highest BCUT2D eigenvalue weighted by molar-refractivity contribution is 7.08. The van der Waals surface area contributed by atoms with E-state index in [0.717, 1.165) is 83.8 Å². The van der Waals surface area contributed by atoms with Crippen LogP contribution < -0.4 is 15.4 Å². The third-order valence-electron chi connectivity index (χ3n) is 11.4. The summed E-state index contributed by atoms with van der Waals surface area (Å²) in [5.74, 6) is 1.56. The normalized spacial score (nSPS) is 33.8. The number of fused-ring (bicyclic) bond motifs is 1. The molecule has 9 rings (SSSR count). The van der Waals surface area contributed by atoms with E-state index >= 15 is 0 Å². The number of carbonyl (C=O) groups is 1. The molecule has 1 aliphatic heterocycles. The van der Waals surface area contributed by atoms with E-state index in [1.807, 2.05) is 12.3 Å². The number of carbonyl (C=O) groups excluding carboxylic acids is 1. The number of ether oxygens (including phenoxy) is 1. The molecule has 3 aromatic rings. The minimum Gasteiger partial charge on any atom is -0.496 e. The van der Waals surface area contributed by atoms with Crippen LogP contribution in [0.2, 0.25) is 0 Å². The van der Waals surface area contributed by atoms with Gasteiger partial charge in [0.1, 0.15) is 5.75 Å². The summed E-state index contributed by atoms with van der Waals surface area (Å²) in [4.78, 5) is 42.2. The Morgan fingerprint density at radius 1 is 1.07 bits per heavy atom. The molecule has 246 valence electrons. The quantitative estimate of drug-likeness (QED) is 0.181. The average Bonchev–Trinajstić information content (AvgIpc) is 3.61. The molecule has 2 N–H and O–H groups in total. The van der Waals surface area contributed by atoms with Crippen LogP contribution in [0.25, 0.3) is 22.0 Å². The predicted molar refractivity (Wildman–Crippen MR) is 176 cm³/mol. The number of benzene rings is 1. The summed E-state index contributed by atoms with van der Waals surface area (Å²) < 4.78 is 5.83. The van der Waals surface area contributed by atoms with E-state index in [4.69, 9.17) is 29.3 Å². The number of nitrogens with one attached hydrogen (secondary N) is 2. The number of amides is 1. The van der Waals surface area contributed by atoms with Crippen molar-refractivity contribution >= 4 is 33.8 Å². The molecule has 1 atom stereocenters. The van der Waals surface area contributed by atoms with Gasteiger partial charge in [0.15, 0.2) is 0 Å². The number of hydrogen-bond acceptors (Lipinski definition) is 9. The number of thiophene rings is 1. The van der Waals surface area contributed by atoms with Crippen molar-refractivity contribution in [2.24, 2.45) is 29.6 Å². The molecular formula is C36H45N3O6S. The van der Waals surface area contributed by atoms with E-state index < -0.39 is 11.6 Å². The standard InChI is InChI=1S/C36H45N3O6S/c1-22(39-30-20-31(41-2)32(26-9-14-46-21-26)29-6-4-12-37-33(29)30)5-3-13-38-34(40)25-7-10-35(11-8-25)42-44-36(45-43-35)27-16-23-15-24(18-27)19-28(36)17-23/h4,6,9,12,14,20-25,27-28,39H,3,5,7-8,10-11,13,15-19H2,1-2H3,(H,38,40). The van der Waals surface area contributed by atoms with Crippen molar-refractivity contribution in [3.63, 3.8) is 0 Å². The monoisotopic (exact) mass is 647 g/mol. The highest BCUT2D eigenvalue weighted by atomic mass is 32.1. The van der Waals surface area contributed by atoms with E-state index in [2.05, 4.69) is 46.5 Å². The van der Waals surface area contributed by atoms with Crippen LogP contribution in [0.15, 0.2) is 41.2 Å². The second-order valence-electron chi connectivity index (χ2n) is 14.4. The first-order chi connectivity index (χ1) is 22.5. The summed E-state index contributed by atoms with van der Waals surface area (Å²) in [6, 6.07) is 8.42. The number of anilines is 1. The maximum atomic E-state index is 13.1. The fraction of sp³-hybridized carbons (Fsp3) is 0.611. The zero-order valence-corrected chi connectivity index (χ0v) is 27.6. The molecule has 3 heterocycles. The van der Waals surface area contributed by atoms with Gasteiger partial charge in [-0.05, 0) is 105 Å². The van der Waals surface area contributed by atoms with Crippen LogP contribution >= 0.6 is 11.3 Å². The topological polar surface area (TPSA) is 100 Å². The zero-order chi connectivity index (χ0) is 31.3. The molecule has 9 nitrogen and oxygen atoms in total. The summed E-state index contributed by atoms with van der Waals surface area (Å²) in [5.41, 5.74) is 4.08. The Morgan fingerprint density at radius 2 is 1.80 bits per heavy atom. The number of hydrogen-bond donors (Lipinski definition) is 2. The first-order valence-electron chi connectivity index (χ1n) is 17.2. The van der Waals surface area contributed by atoms with Gasteiger partial charge in [-0.25, -0.2) is 0 Å². The van der Waals surface area contributed by atoms with Gasteiger partial charge in [0.05, 0.1) is 18.3 Å². The van der Waals surface area contributed by atoms with Gasteiger partial charge in [-0.3, -0.25) is 9.78 Å². The number of rotatable bonds is 9. The van der Waals surface area contributed by atoms with Crippen LogP contribution in [-0.4, -0.2) is 42.2 Å². The lowest BCUT2D eigenvalue weighted by molar-refractivity contribution is -0.680. The third kappa shape index (κ3) is 5.49. The van der Waals surface area contributed by atoms with Crippen LogP contribution in [0.1, 0.15) is 77.6 Å². The molecule has 5 aliphatic carbocycles. The summed E-state index contributed by atoms with van der Waals surface area (Å²) in [6.07, 6.45) is 12.1. The van der Waals surface area contributed by atoms with Gasteiger partial charge in [-0.2, -0.15) is 30.9 Å². The summed E-state index contributed by atoms with van der Waals surface area (Å²) >= 11 is 1.67. The van der Waals surface area contributed by atoms with Gasteiger partial charge in [0, 0.05) is 66.4 Å². The van der Waals surface area contributed by atoms with Crippen LogP contribution in [0.5, 0.6) is 5.75 Å². The van der Waals surface area contributed by atoms with Crippen molar-refractivity contribution in [1.82, 2.24) is 10.3 Å².